The number of benzene rings is 3. The third-order valence-electron chi connectivity index (χ3n) is 14.7. The summed E-state index contributed by atoms with van der Waals surface area (Å²) in [6.07, 6.45) is 6.42. The Balaban J connectivity index is 1.12. The number of imidazole rings is 1. The van der Waals surface area contributed by atoms with Crippen molar-refractivity contribution in [3.8, 4) is 17.2 Å². The maximum Gasteiger partial charge on any atom is 0.438 e. The monoisotopic (exact) mass is 933 g/mol. The van der Waals surface area contributed by atoms with Crippen molar-refractivity contribution in [3.05, 3.63) is 133 Å². The van der Waals surface area contributed by atoms with E-state index in [0.717, 1.165) is 29.3 Å². The van der Waals surface area contributed by atoms with Gasteiger partial charge in [-0.05, 0) is 111 Å². The maximum absolute atomic E-state index is 16.3. The minimum Gasteiger partial charge on any atom is -0.387 e. The molecule has 1 saturated heterocycles. The average molecular weight is 934 g/mol. The Hall–Kier alpha value is -6.32. The van der Waals surface area contributed by atoms with Gasteiger partial charge in [-0.1, -0.05) is 32.0 Å². The topological polar surface area (TPSA) is 167 Å². The largest absolute Gasteiger partial charge is 0.438 e. The van der Waals surface area contributed by atoms with Gasteiger partial charge in [0, 0.05) is 85.4 Å². The summed E-state index contributed by atoms with van der Waals surface area (Å²) in [5.74, 6) is -1.07. The summed E-state index contributed by atoms with van der Waals surface area (Å²) < 4.78 is 62.2. The van der Waals surface area contributed by atoms with E-state index in [9.17, 15) is 14.2 Å². The first kappa shape index (κ1) is 44.5. The number of halogens is 2. The molecule has 0 bridgehead atoms. The molecule has 2 N–H and O–H groups in total. The highest BCUT2D eigenvalue weighted by atomic mass is 31.2. The minimum atomic E-state index is -2.92. The van der Waals surface area contributed by atoms with E-state index in [4.69, 9.17) is 14.4 Å². The Morgan fingerprint density at radius 2 is 1.69 bits per heavy atom. The number of H-pyrrole nitrogens is 1. The Morgan fingerprint density at radius 3 is 2.33 bits per heavy atom. The zero-order chi connectivity index (χ0) is 47.3. The van der Waals surface area contributed by atoms with Crippen molar-refractivity contribution in [1.29, 1.82) is 0 Å². The van der Waals surface area contributed by atoms with Gasteiger partial charge in [0.15, 0.2) is 5.82 Å². The second kappa shape index (κ2) is 16.5. The number of aryl methyl sites for hydroxylation is 2. The molecule has 0 unspecified atom stereocenters. The molecule has 2 aliphatic heterocycles. The van der Waals surface area contributed by atoms with E-state index < -0.39 is 36.0 Å². The SMILES string of the molecule is CCP(=O)(CC)c1cc(F)c(-n2ccn(-c3c4c(nn3-c3cc(C)c(F)c(C)c3)CCN(C(=O)c3cc5cc(C6CCOCC6)ccc5n3[C@@]3(c5noc(=O)[nH]5)C[C@@H]3C)[C@H]4C)c2=O)cc1NC. The Labute approximate surface area is 385 Å². The second-order valence-corrected chi connectivity index (χ2v) is 21.9. The highest BCUT2D eigenvalue weighted by Gasteiger charge is 2.59. The van der Waals surface area contributed by atoms with Gasteiger partial charge in [-0.3, -0.25) is 23.4 Å². The van der Waals surface area contributed by atoms with E-state index in [0.29, 0.717) is 101 Å². The van der Waals surface area contributed by atoms with E-state index in [1.54, 1.807) is 42.6 Å². The van der Waals surface area contributed by atoms with Crippen LogP contribution >= 0.6 is 7.14 Å². The van der Waals surface area contributed by atoms with Crippen LogP contribution in [0.25, 0.3) is 28.1 Å². The zero-order valence-corrected chi connectivity index (χ0v) is 39.5. The number of amides is 1. The van der Waals surface area contributed by atoms with Crippen LogP contribution in [0.4, 0.5) is 14.5 Å². The van der Waals surface area contributed by atoms with Gasteiger partial charge in [-0.25, -0.2) is 23.1 Å². The zero-order valence-electron chi connectivity index (χ0n) is 38.7. The number of rotatable bonds is 11. The van der Waals surface area contributed by atoms with Gasteiger partial charge in [-0.2, -0.15) is 5.10 Å². The summed E-state index contributed by atoms with van der Waals surface area (Å²) >= 11 is 0. The molecular weight excluding hydrogens is 880 g/mol. The fourth-order valence-corrected chi connectivity index (χ4v) is 12.9. The number of nitrogens with one attached hydrogen (secondary N) is 2. The molecule has 15 nitrogen and oxygen atoms in total. The number of carbonyl (C=O) groups excluding carboxylic acids is 1. The van der Waals surface area contributed by atoms with Crippen LogP contribution < -0.4 is 22.1 Å². The summed E-state index contributed by atoms with van der Waals surface area (Å²) in [5, 5.41) is 13.6. The molecule has 1 aliphatic carbocycles. The number of anilines is 1. The molecule has 7 aromatic rings. The Morgan fingerprint density at radius 1 is 0.985 bits per heavy atom. The standard InChI is InChI=1S/C49H54F2N9O6P/c1-8-67(64,9-2)41-24-35(50)39(25-37(41)52-7)57-16-17-58(48(57)63)44-42-30(6)56(15-12-36(42)54-60(44)34-20-27(3)43(51)28(4)21-34)45(61)40-23-33-22-32(31-13-18-65-19-14-31)10-11-38(33)59(40)49(26-29(49)5)46-53-47(62)66-55-46/h10-11,16-17,20-25,29-31,52H,8-9,12-15,18-19,26H2,1-7H3,(H,53,55,62)/t29-,30-,49-/m0/s1. The lowest BCUT2D eigenvalue weighted by Crippen LogP contribution is -2.41. The molecule has 1 amide bonds. The fourth-order valence-electron chi connectivity index (χ4n) is 10.8. The van der Waals surface area contributed by atoms with Crippen molar-refractivity contribution in [2.45, 2.75) is 84.7 Å². The lowest BCUT2D eigenvalue weighted by atomic mass is 9.91. The van der Waals surface area contributed by atoms with Gasteiger partial charge in [0.25, 0.3) is 5.91 Å². The number of nitrogens with zero attached hydrogens (tertiary/aromatic N) is 7. The fraction of sp³-hybridized carbons (Fsp3) is 0.408. The number of carbonyl (C=O) groups is 1. The summed E-state index contributed by atoms with van der Waals surface area (Å²) in [5.41, 5.74) is 3.81. The average Bonchev–Trinajstić information content (AvgIpc) is 3.82. The van der Waals surface area contributed by atoms with Crippen molar-refractivity contribution in [2.24, 2.45) is 5.92 Å². The maximum atomic E-state index is 16.3. The molecule has 3 atom stereocenters. The number of hydrogen-bond acceptors (Lipinski definition) is 9. The molecule has 67 heavy (non-hydrogen) atoms. The number of hydrogen-bond donors (Lipinski definition) is 2. The molecule has 1 saturated carbocycles. The Bertz CT molecular complexity index is 3270. The van der Waals surface area contributed by atoms with Crippen molar-refractivity contribution < 1.29 is 27.4 Å². The lowest BCUT2D eigenvalue weighted by Gasteiger charge is -2.34. The van der Waals surface area contributed by atoms with Crippen LogP contribution in [0.3, 0.4) is 0 Å². The predicted molar refractivity (Wildman–Crippen MR) is 252 cm³/mol. The van der Waals surface area contributed by atoms with Crippen LogP contribution in [0.15, 0.2) is 75.0 Å². The van der Waals surface area contributed by atoms with Crippen molar-refractivity contribution in [3.63, 3.8) is 0 Å². The summed E-state index contributed by atoms with van der Waals surface area (Å²) in [6.45, 7) is 12.6. The minimum absolute atomic E-state index is 0.00708. The van der Waals surface area contributed by atoms with Gasteiger partial charge >= 0.3 is 11.4 Å². The van der Waals surface area contributed by atoms with Crippen LogP contribution in [0.5, 0.6) is 0 Å². The lowest BCUT2D eigenvalue weighted by molar-refractivity contribution is 0.0663. The van der Waals surface area contributed by atoms with E-state index in [2.05, 4.69) is 34.5 Å². The van der Waals surface area contributed by atoms with E-state index in [1.165, 1.54) is 33.7 Å². The molecule has 3 aromatic carbocycles. The van der Waals surface area contributed by atoms with Crippen LogP contribution in [-0.2, 0) is 21.3 Å². The van der Waals surface area contributed by atoms with Crippen molar-refractivity contribution >= 4 is 34.9 Å². The number of aromatic nitrogens is 7. The molecule has 6 heterocycles. The van der Waals surface area contributed by atoms with Gasteiger partial charge in [0.1, 0.15) is 35.8 Å². The van der Waals surface area contributed by atoms with Crippen LogP contribution in [-0.4, -0.2) is 83.6 Å². The first-order valence-electron chi connectivity index (χ1n) is 23.0. The number of fused-ring (bicyclic) bond motifs is 2. The highest BCUT2D eigenvalue weighted by molar-refractivity contribution is 7.71. The molecule has 2 fully saturated rings. The molecule has 0 spiro atoms. The van der Waals surface area contributed by atoms with Crippen molar-refractivity contribution in [1.82, 2.24) is 38.5 Å². The molecule has 4 aromatic heterocycles. The van der Waals surface area contributed by atoms with Crippen LogP contribution in [0, 0.1) is 31.4 Å². The number of ether oxygens (including phenoxy) is 1. The number of aromatic amines is 1. The van der Waals surface area contributed by atoms with Crippen molar-refractivity contribution in [2.75, 3.05) is 44.4 Å². The quantitative estimate of drug-likeness (QED) is 0.123. The third-order valence-corrected chi connectivity index (χ3v) is 18.0. The summed E-state index contributed by atoms with van der Waals surface area (Å²) in [4.78, 5) is 47.3. The first-order chi connectivity index (χ1) is 32.1. The molecule has 0 radical (unpaired) electrons. The highest BCUT2D eigenvalue weighted by Crippen LogP contribution is 2.56. The molecule has 18 heteroatoms. The van der Waals surface area contributed by atoms with Gasteiger partial charge in [-0.15, -0.1) is 0 Å². The smallest absolute Gasteiger partial charge is 0.387 e. The predicted octanol–water partition coefficient (Wildman–Crippen LogP) is 7.85. The molecule has 3 aliphatic rings. The van der Waals surface area contributed by atoms with E-state index in [-0.39, 0.29) is 29.9 Å². The molecule has 10 rings (SSSR count). The van der Waals surface area contributed by atoms with E-state index >= 15 is 13.6 Å². The summed E-state index contributed by atoms with van der Waals surface area (Å²) in [7, 11) is -1.25. The first-order valence-corrected chi connectivity index (χ1v) is 25.1. The molecule has 350 valence electrons. The van der Waals surface area contributed by atoms with Crippen LogP contribution in [0.2, 0.25) is 0 Å². The normalized spacial score (nSPS) is 19.9. The Kier molecular flexibility index (Phi) is 10.9. The van der Waals surface area contributed by atoms with Gasteiger partial charge in [0.2, 0.25) is 0 Å². The summed E-state index contributed by atoms with van der Waals surface area (Å²) in [6, 6.07) is 13.7. The van der Waals surface area contributed by atoms with Crippen LogP contribution in [0.1, 0.15) is 103 Å². The van der Waals surface area contributed by atoms with E-state index in [1.807, 2.05) is 37.5 Å². The third kappa shape index (κ3) is 6.98. The molecular formula is C49H54F2N9O6P. The second-order valence-electron chi connectivity index (χ2n) is 18.4. The van der Waals surface area contributed by atoms with Gasteiger partial charge in [0.05, 0.1) is 23.1 Å². The van der Waals surface area contributed by atoms with Gasteiger partial charge < -0.3 is 24.1 Å².